The summed E-state index contributed by atoms with van der Waals surface area (Å²) in [6, 6.07) is 41.0. The van der Waals surface area contributed by atoms with Gasteiger partial charge in [0.1, 0.15) is 5.84 Å². The van der Waals surface area contributed by atoms with Crippen LogP contribution < -0.4 is 5.32 Å². The first kappa shape index (κ1) is 21.1. The molecule has 0 atom stereocenters. The molecule has 0 fully saturated rings. The summed E-state index contributed by atoms with van der Waals surface area (Å²) in [5, 5.41) is 25.0. The molecule has 7 rings (SSSR count). The Morgan fingerprint density at radius 2 is 1.03 bits per heavy atom. The molecule has 7 aromatic rings. The van der Waals surface area contributed by atoms with E-state index in [1.807, 2.05) is 53.1 Å². The van der Waals surface area contributed by atoms with Crippen molar-refractivity contribution in [2.45, 2.75) is 0 Å². The molecule has 0 aliphatic rings. The second kappa shape index (κ2) is 8.21. The van der Waals surface area contributed by atoms with Crippen molar-refractivity contribution in [2.24, 2.45) is 0 Å². The van der Waals surface area contributed by atoms with Gasteiger partial charge in [0.05, 0.1) is 22.1 Å². The highest BCUT2D eigenvalue weighted by atomic mass is 15.2. The van der Waals surface area contributed by atoms with E-state index in [4.69, 9.17) is 10.8 Å². The molecular formula is C32H23N5. The Morgan fingerprint density at radius 3 is 1.68 bits per heavy atom. The molecule has 0 unspecified atom stereocenters. The number of benzene rings is 5. The van der Waals surface area contributed by atoms with Crippen LogP contribution in [0, 0.1) is 10.8 Å². The maximum atomic E-state index is 8.90. The van der Waals surface area contributed by atoms with E-state index in [-0.39, 0.29) is 11.8 Å². The fourth-order valence-corrected chi connectivity index (χ4v) is 5.39. The Hall–Kier alpha value is -5.16. The molecule has 5 aromatic carbocycles. The monoisotopic (exact) mass is 477 g/mol. The minimum absolute atomic E-state index is 0.143. The van der Waals surface area contributed by atoms with Gasteiger partial charge >= 0.3 is 0 Å². The third-order valence-electron chi connectivity index (χ3n) is 7.02. The smallest absolute Gasteiger partial charge is 0.206 e. The van der Waals surface area contributed by atoms with Crippen molar-refractivity contribution in [2.75, 3.05) is 0 Å². The number of fused-ring (bicyclic) bond motifs is 6. The van der Waals surface area contributed by atoms with E-state index >= 15 is 0 Å². The number of aromatic nitrogens is 2. The Morgan fingerprint density at radius 1 is 0.514 bits per heavy atom. The van der Waals surface area contributed by atoms with Gasteiger partial charge in [0.15, 0.2) is 0 Å². The molecule has 0 saturated carbocycles. The van der Waals surface area contributed by atoms with E-state index in [1.165, 1.54) is 10.8 Å². The normalized spacial score (nSPS) is 11.5. The van der Waals surface area contributed by atoms with Gasteiger partial charge in [0, 0.05) is 32.8 Å². The molecule has 37 heavy (non-hydrogen) atoms. The van der Waals surface area contributed by atoms with Crippen LogP contribution in [0.4, 0.5) is 0 Å². The summed E-state index contributed by atoms with van der Waals surface area (Å²) in [5.74, 6) is 0.336. The van der Waals surface area contributed by atoms with Crippen LogP contribution in [0.25, 0.3) is 49.3 Å². The number of para-hydroxylation sites is 3. The minimum atomic E-state index is 0.143. The van der Waals surface area contributed by atoms with Gasteiger partial charge in [-0.25, -0.2) is 0 Å². The maximum Gasteiger partial charge on any atom is 0.206 e. The van der Waals surface area contributed by atoms with Crippen LogP contribution in [0.15, 0.2) is 121 Å². The molecule has 0 aliphatic carbocycles. The van der Waals surface area contributed by atoms with Crippen molar-refractivity contribution >= 4 is 55.4 Å². The number of hydrogen-bond acceptors (Lipinski definition) is 2. The number of hydrogen-bond donors (Lipinski definition) is 3. The van der Waals surface area contributed by atoms with E-state index in [1.54, 1.807) is 0 Å². The van der Waals surface area contributed by atoms with E-state index in [0.717, 1.165) is 44.1 Å². The van der Waals surface area contributed by atoms with E-state index in [2.05, 4.69) is 82.7 Å². The summed E-state index contributed by atoms with van der Waals surface area (Å²) < 4.78 is 4.20. The van der Waals surface area contributed by atoms with Crippen LogP contribution in [0.3, 0.4) is 0 Å². The maximum absolute atomic E-state index is 8.90. The van der Waals surface area contributed by atoms with Gasteiger partial charge in [-0.05, 0) is 36.4 Å². The molecule has 5 heteroatoms. The van der Waals surface area contributed by atoms with Crippen molar-refractivity contribution in [3.63, 3.8) is 0 Å². The van der Waals surface area contributed by atoms with Crippen LogP contribution in [0.1, 0.15) is 5.56 Å². The molecular weight excluding hydrogens is 454 g/mol. The largest absolute Gasteiger partial charge is 0.310 e. The molecule has 0 saturated heterocycles. The summed E-state index contributed by atoms with van der Waals surface area (Å²) in [5.41, 5.74) is 5.99. The lowest BCUT2D eigenvalue weighted by Crippen LogP contribution is -2.34. The molecule has 3 N–H and O–H groups in total. The van der Waals surface area contributed by atoms with Gasteiger partial charge in [0.25, 0.3) is 0 Å². The van der Waals surface area contributed by atoms with Crippen LogP contribution in [-0.2, 0) is 0 Å². The first-order valence-corrected chi connectivity index (χ1v) is 12.2. The lowest BCUT2D eigenvalue weighted by atomic mass is 10.1. The lowest BCUT2D eigenvalue weighted by molar-refractivity contribution is 1.10. The number of amidine groups is 1. The Bertz CT molecular complexity index is 1940. The highest BCUT2D eigenvalue weighted by Crippen LogP contribution is 2.35. The van der Waals surface area contributed by atoms with E-state index < -0.39 is 0 Å². The van der Waals surface area contributed by atoms with Crippen LogP contribution in [0.5, 0.6) is 0 Å². The molecule has 5 nitrogen and oxygen atoms in total. The molecule has 0 spiro atoms. The van der Waals surface area contributed by atoms with Gasteiger partial charge in [-0.3, -0.25) is 15.4 Å². The summed E-state index contributed by atoms with van der Waals surface area (Å²) >= 11 is 0. The van der Waals surface area contributed by atoms with Gasteiger partial charge in [-0.15, -0.1) is 0 Å². The second-order valence-corrected chi connectivity index (χ2v) is 9.14. The third kappa shape index (κ3) is 3.25. The highest BCUT2D eigenvalue weighted by Gasteiger charge is 2.17. The predicted molar refractivity (Wildman–Crippen MR) is 153 cm³/mol. The van der Waals surface area contributed by atoms with Gasteiger partial charge < -0.3 is 9.88 Å². The predicted octanol–water partition coefficient (Wildman–Crippen LogP) is 7.29. The van der Waals surface area contributed by atoms with Crippen molar-refractivity contribution in [3.8, 4) is 5.69 Å². The number of nitrogens with zero attached hydrogens (tertiary/aromatic N) is 2. The third-order valence-corrected chi connectivity index (χ3v) is 7.02. The van der Waals surface area contributed by atoms with E-state index in [9.17, 15) is 0 Å². The van der Waals surface area contributed by atoms with Crippen molar-refractivity contribution < 1.29 is 0 Å². The van der Waals surface area contributed by atoms with Gasteiger partial charge in [0.2, 0.25) is 5.96 Å². The number of nitrogens with one attached hydrogen (secondary N) is 3. The van der Waals surface area contributed by atoms with Crippen LogP contribution in [0.2, 0.25) is 0 Å². The summed E-state index contributed by atoms with van der Waals surface area (Å²) in [4.78, 5) is 0. The molecule has 0 radical (unpaired) electrons. The zero-order chi connectivity index (χ0) is 24.9. The summed E-state index contributed by atoms with van der Waals surface area (Å²) in [6.07, 6.45) is 0. The second-order valence-electron chi connectivity index (χ2n) is 9.14. The molecule has 0 aliphatic heterocycles. The Labute approximate surface area is 213 Å². The molecule has 176 valence electrons. The van der Waals surface area contributed by atoms with Crippen LogP contribution in [-0.4, -0.2) is 20.9 Å². The quantitative estimate of drug-likeness (QED) is 0.178. The average Bonchev–Trinajstić information content (AvgIpc) is 3.46. The molecule has 2 aromatic heterocycles. The molecule has 2 heterocycles. The fraction of sp³-hybridized carbons (Fsp3) is 0. The average molecular weight is 478 g/mol. The topological polar surface area (TPSA) is 69.6 Å². The Balaban J connectivity index is 1.42. The fourth-order valence-electron chi connectivity index (χ4n) is 5.39. The first-order chi connectivity index (χ1) is 18.2. The molecule has 0 bridgehead atoms. The SMILES string of the molecule is N=C(NC(=N)n1c2ccccc2c2cc(-n3c4ccccc4c4ccccc43)ccc21)c1ccccc1. The van der Waals surface area contributed by atoms with Gasteiger partial charge in [-0.1, -0.05) is 84.9 Å². The van der Waals surface area contributed by atoms with Crippen molar-refractivity contribution in [3.05, 3.63) is 127 Å². The van der Waals surface area contributed by atoms with Crippen LogP contribution >= 0.6 is 0 Å². The van der Waals surface area contributed by atoms with E-state index in [0.29, 0.717) is 0 Å². The Kier molecular flexibility index (Phi) is 4.69. The highest BCUT2D eigenvalue weighted by molar-refractivity contribution is 6.17. The van der Waals surface area contributed by atoms with Crippen molar-refractivity contribution in [1.29, 1.82) is 10.8 Å². The van der Waals surface area contributed by atoms with Gasteiger partial charge in [-0.2, -0.15) is 0 Å². The zero-order valence-corrected chi connectivity index (χ0v) is 19.9. The minimum Gasteiger partial charge on any atom is -0.310 e. The standard InChI is InChI=1S/C32H23N5/c33-31(21-10-2-1-3-11-21)35-32(34)37-29-17-9-6-14-25(29)26-20-22(18-19-30(26)37)36-27-15-7-4-12-23(27)24-13-5-8-16-28(24)36/h1-20H,(H3,33,34,35). The zero-order valence-electron chi connectivity index (χ0n) is 19.9. The summed E-state index contributed by atoms with van der Waals surface area (Å²) in [6.45, 7) is 0. The molecule has 0 amide bonds. The number of rotatable bonds is 2. The summed E-state index contributed by atoms with van der Waals surface area (Å²) in [7, 11) is 0. The first-order valence-electron chi connectivity index (χ1n) is 12.2. The lowest BCUT2D eigenvalue weighted by Gasteiger charge is -2.13. The van der Waals surface area contributed by atoms with Crippen molar-refractivity contribution in [1.82, 2.24) is 14.5 Å².